The standard InChI is InChI=1S/C26H27BrClFN2O2/c1-32-25-13-19(21(27)15-26(25)33-17-18-7-3-4-8-23(18)29)16-30-20-9-10-24(22(28)14-20)31-11-5-2-6-12-31/h3-4,7-10,13-15,30H,2,5-6,11-12,16-17H2,1H3. The quantitative estimate of drug-likeness (QED) is 0.326. The van der Waals surface area contributed by atoms with Gasteiger partial charge < -0.3 is 19.7 Å². The minimum Gasteiger partial charge on any atom is -0.493 e. The fourth-order valence-corrected chi connectivity index (χ4v) is 4.72. The lowest BCUT2D eigenvalue weighted by Gasteiger charge is -2.29. The molecule has 0 aliphatic carbocycles. The van der Waals surface area contributed by atoms with Crippen LogP contribution in [0.15, 0.2) is 59.1 Å². The van der Waals surface area contributed by atoms with Crippen molar-refractivity contribution in [1.29, 1.82) is 0 Å². The lowest BCUT2D eigenvalue weighted by atomic mass is 10.1. The molecule has 33 heavy (non-hydrogen) atoms. The number of anilines is 2. The van der Waals surface area contributed by atoms with E-state index >= 15 is 0 Å². The molecule has 0 unspecified atom stereocenters. The Balaban J connectivity index is 1.43. The highest BCUT2D eigenvalue weighted by Crippen LogP contribution is 2.35. The Morgan fingerprint density at radius 2 is 1.79 bits per heavy atom. The average molecular weight is 534 g/mol. The second-order valence-electron chi connectivity index (χ2n) is 8.04. The van der Waals surface area contributed by atoms with Gasteiger partial charge in [-0.15, -0.1) is 0 Å². The molecule has 7 heteroatoms. The lowest BCUT2D eigenvalue weighted by Crippen LogP contribution is -2.29. The van der Waals surface area contributed by atoms with Crippen LogP contribution >= 0.6 is 27.5 Å². The first kappa shape index (κ1) is 23.7. The smallest absolute Gasteiger partial charge is 0.162 e. The second kappa shape index (κ2) is 11.1. The zero-order chi connectivity index (χ0) is 23.2. The third kappa shape index (κ3) is 5.92. The summed E-state index contributed by atoms with van der Waals surface area (Å²) in [7, 11) is 1.59. The Morgan fingerprint density at radius 1 is 1.00 bits per heavy atom. The molecule has 1 N–H and O–H groups in total. The van der Waals surface area contributed by atoms with E-state index in [0.29, 0.717) is 23.6 Å². The van der Waals surface area contributed by atoms with E-state index in [9.17, 15) is 4.39 Å². The second-order valence-corrected chi connectivity index (χ2v) is 9.30. The molecule has 1 heterocycles. The van der Waals surface area contributed by atoms with Crippen molar-refractivity contribution < 1.29 is 13.9 Å². The van der Waals surface area contributed by atoms with Crippen LogP contribution in [-0.2, 0) is 13.2 Å². The number of ether oxygens (including phenoxy) is 2. The molecule has 1 saturated heterocycles. The zero-order valence-electron chi connectivity index (χ0n) is 18.5. The minimum absolute atomic E-state index is 0.120. The highest BCUT2D eigenvalue weighted by Gasteiger charge is 2.15. The molecule has 3 aromatic rings. The number of hydrogen-bond acceptors (Lipinski definition) is 4. The van der Waals surface area contributed by atoms with Crippen LogP contribution in [0.1, 0.15) is 30.4 Å². The summed E-state index contributed by atoms with van der Waals surface area (Å²) >= 11 is 10.2. The van der Waals surface area contributed by atoms with Gasteiger partial charge in [-0.25, -0.2) is 4.39 Å². The Morgan fingerprint density at radius 3 is 2.52 bits per heavy atom. The van der Waals surface area contributed by atoms with Gasteiger partial charge in [-0.3, -0.25) is 0 Å². The van der Waals surface area contributed by atoms with Gasteiger partial charge in [0.15, 0.2) is 11.5 Å². The third-order valence-corrected chi connectivity index (χ3v) is 6.84. The van der Waals surface area contributed by atoms with Gasteiger partial charge >= 0.3 is 0 Å². The predicted molar refractivity (Wildman–Crippen MR) is 136 cm³/mol. The molecule has 3 aromatic carbocycles. The number of hydrogen-bond donors (Lipinski definition) is 1. The third-order valence-electron chi connectivity index (χ3n) is 5.80. The summed E-state index contributed by atoms with van der Waals surface area (Å²) in [6.07, 6.45) is 3.72. The molecule has 0 bridgehead atoms. The number of piperidine rings is 1. The molecule has 0 amide bonds. The molecular formula is C26H27BrClFN2O2. The fourth-order valence-electron chi connectivity index (χ4n) is 3.96. The van der Waals surface area contributed by atoms with Crippen LogP contribution < -0.4 is 19.7 Å². The van der Waals surface area contributed by atoms with Crippen molar-refractivity contribution in [3.8, 4) is 11.5 Å². The molecule has 1 fully saturated rings. The molecule has 1 aliphatic rings. The van der Waals surface area contributed by atoms with Gasteiger partial charge in [0.25, 0.3) is 0 Å². The van der Waals surface area contributed by atoms with E-state index in [1.807, 2.05) is 18.2 Å². The summed E-state index contributed by atoms with van der Waals surface area (Å²) in [6, 6.07) is 16.5. The van der Waals surface area contributed by atoms with Crippen molar-refractivity contribution in [2.45, 2.75) is 32.4 Å². The van der Waals surface area contributed by atoms with Gasteiger partial charge in [0, 0.05) is 35.4 Å². The average Bonchev–Trinajstić information content (AvgIpc) is 2.83. The molecule has 0 atom stereocenters. The number of halogens is 3. The molecule has 0 radical (unpaired) electrons. The van der Waals surface area contributed by atoms with E-state index in [2.05, 4.69) is 38.3 Å². The lowest BCUT2D eigenvalue weighted by molar-refractivity contribution is 0.279. The van der Waals surface area contributed by atoms with Crippen molar-refractivity contribution in [2.24, 2.45) is 0 Å². The molecular weight excluding hydrogens is 507 g/mol. The summed E-state index contributed by atoms with van der Waals surface area (Å²) in [5, 5.41) is 4.19. The Kier molecular flexibility index (Phi) is 7.99. The molecule has 174 valence electrons. The van der Waals surface area contributed by atoms with Crippen molar-refractivity contribution in [3.05, 3.63) is 81.0 Å². The van der Waals surface area contributed by atoms with E-state index in [-0.39, 0.29) is 12.4 Å². The first-order valence-electron chi connectivity index (χ1n) is 11.1. The molecule has 0 aromatic heterocycles. The van der Waals surface area contributed by atoms with Gasteiger partial charge in [-0.1, -0.05) is 45.7 Å². The summed E-state index contributed by atoms with van der Waals surface area (Å²) in [5.74, 6) is 0.844. The summed E-state index contributed by atoms with van der Waals surface area (Å²) < 4.78 is 26.1. The van der Waals surface area contributed by atoms with E-state index in [0.717, 1.165) is 39.5 Å². The van der Waals surface area contributed by atoms with Crippen LogP contribution in [0.2, 0.25) is 5.02 Å². The predicted octanol–water partition coefficient (Wildman–Crippen LogP) is 7.43. The largest absolute Gasteiger partial charge is 0.493 e. The Hall–Kier alpha value is -2.44. The number of rotatable bonds is 8. The number of benzene rings is 3. The Labute approximate surface area is 207 Å². The van der Waals surface area contributed by atoms with Crippen LogP contribution in [-0.4, -0.2) is 20.2 Å². The van der Waals surface area contributed by atoms with Crippen molar-refractivity contribution in [1.82, 2.24) is 0 Å². The van der Waals surface area contributed by atoms with E-state index in [4.69, 9.17) is 21.1 Å². The van der Waals surface area contributed by atoms with Crippen LogP contribution in [0.3, 0.4) is 0 Å². The number of nitrogens with one attached hydrogen (secondary N) is 1. The first-order chi connectivity index (χ1) is 16.0. The van der Waals surface area contributed by atoms with E-state index < -0.39 is 0 Å². The number of nitrogens with zero attached hydrogens (tertiary/aromatic N) is 1. The van der Waals surface area contributed by atoms with Crippen LogP contribution in [0.4, 0.5) is 15.8 Å². The molecule has 0 spiro atoms. The number of methoxy groups -OCH3 is 1. The van der Waals surface area contributed by atoms with Gasteiger partial charge in [0.05, 0.1) is 17.8 Å². The molecule has 0 saturated carbocycles. The van der Waals surface area contributed by atoms with Crippen LogP contribution in [0.5, 0.6) is 11.5 Å². The highest BCUT2D eigenvalue weighted by molar-refractivity contribution is 9.10. The van der Waals surface area contributed by atoms with Crippen molar-refractivity contribution >= 4 is 38.9 Å². The topological polar surface area (TPSA) is 33.7 Å². The Bertz CT molecular complexity index is 1110. The first-order valence-corrected chi connectivity index (χ1v) is 12.2. The maximum Gasteiger partial charge on any atom is 0.162 e. The van der Waals surface area contributed by atoms with E-state index in [1.54, 1.807) is 25.3 Å². The summed E-state index contributed by atoms with van der Waals surface area (Å²) in [4.78, 5) is 2.36. The van der Waals surface area contributed by atoms with Gasteiger partial charge in [0.2, 0.25) is 0 Å². The molecule has 1 aliphatic heterocycles. The van der Waals surface area contributed by atoms with Gasteiger partial charge in [-0.2, -0.15) is 0 Å². The minimum atomic E-state index is -0.290. The van der Waals surface area contributed by atoms with Crippen molar-refractivity contribution in [2.75, 3.05) is 30.4 Å². The zero-order valence-corrected chi connectivity index (χ0v) is 20.9. The van der Waals surface area contributed by atoms with Crippen molar-refractivity contribution in [3.63, 3.8) is 0 Å². The summed E-state index contributed by atoms with van der Waals surface area (Å²) in [5.41, 5.74) is 3.54. The molecule has 4 nitrogen and oxygen atoms in total. The van der Waals surface area contributed by atoms with Gasteiger partial charge in [-0.05, 0) is 61.2 Å². The normalized spacial score (nSPS) is 13.6. The highest BCUT2D eigenvalue weighted by atomic mass is 79.9. The SMILES string of the molecule is COc1cc(CNc2ccc(N3CCCCC3)c(Cl)c2)c(Br)cc1OCc1ccccc1F. The maximum atomic E-state index is 13.9. The fraction of sp³-hybridized carbons (Fsp3) is 0.308. The van der Waals surface area contributed by atoms with Crippen LogP contribution in [0.25, 0.3) is 0 Å². The molecule has 4 rings (SSSR count). The maximum absolute atomic E-state index is 13.9. The van der Waals surface area contributed by atoms with Crippen LogP contribution in [0, 0.1) is 5.82 Å². The monoisotopic (exact) mass is 532 g/mol. The van der Waals surface area contributed by atoms with Gasteiger partial charge in [0.1, 0.15) is 12.4 Å². The summed E-state index contributed by atoms with van der Waals surface area (Å²) in [6.45, 7) is 2.81. The van der Waals surface area contributed by atoms with E-state index in [1.165, 1.54) is 25.3 Å².